The summed E-state index contributed by atoms with van der Waals surface area (Å²) in [6.07, 6.45) is -0.725. The van der Waals surface area contributed by atoms with Crippen molar-refractivity contribution in [3.63, 3.8) is 0 Å². The second-order valence-corrected chi connectivity index (χ2v) is 3.74. The van der Waals surface area contributed by atoms with Crippen LogP contribution < -0.4 is 5.32 Å². The van der Waals surface area contributed by atoms with Gasteiger partial charge in [0, 0.05) is 0 Å². The molecular formula is C12H14ClNO4. The van der Waals surface area contributed by atoms with Gasteiger partial charge in [0.25, 0.3) is 0 Å². The lowest BCUT2D eigenvalue weighted by Gasteiger charge is -2.14. The van der Waals surface area contributed by atoms with Gasteiger partial charge in [-0.05, 0) is 5.56 Å². The van der Waals surface area contributed by atoms with E-state index in [9.17, 15) is 9.59 Å². The molecule has 0 aliphatic heterocycles. The van der Waals surface area contributed by atoms with Gasteiger partial charge in [0.05, 0.1) is 13.0 Å². The highest BCUT2D eigenvalue weighted by atomic mass is 35.5. The van der Waals surface area contributed by atoms with Gasteiger partial charge in [-0.1, -0.05) is 30.3 Å². The Kier molecular flexibility index (Phi) is 6.00. The quantitative estimate of drug-likeness (QED) is 0.654. The van der Waals surface area contributed by atoms with Crippen molar-refractivity contribution in [2.45, 2.75) is 12.6 Å². The number of amides is 1. The molecule has 0 bridgehead atoms. The fourth-order valence-electron chi connectivity index (χ4n) is 1.19. The molecule has 0 radical (unpaired) electrons. The number of nitrogens with one attached hydrogen (secondary N) is 1. The molecule has 0 saturated carbocycles. The van der Waals surface area contributed by atoms with Gasteiger partial charge in [0.15, 0.2) is 0 Å². The first-order valence-electron chi connectivity index (χ1n) is 5.28. The number of carbonyl (C=O) groups is 2. The Labute approximate surface area is 110 Å². The van der Waals surface area contributed by atoms with Crippen LogP contribution in [0.1, 0.15) is 5.56 Å². The zero-order chi connectivity index (χ0) is 13.4. The summed E-state index contributed by atoms with van der Waals surface area (Å²) < 4.78 is 9.41. The van der Waals surface area contributed by atoms with E-state index in [4.69, 9.17) is 16.3 Å². The van der Waals surface area contributed by atoms with Crippen molar-refractivity contribution in [3.05, 3.63) is 35.9 Å². The van der Waals surface area contributed by atoms with Gasteiger partial charge < -0.3 is 14.8 Å². The number of alkyl halides is 1. The van der Waals surface area contributed by atoms with Crippen LogP contribution in [0.3, 0.4) is 0 Å². The van der Waals surface area contributed by atoms with Crippen molar-refractivity contribution in [2.24, 2.45) is 0 Å². The van der Waals surface area contributed by atoms with Crippen molar-refractivity contribution < 1.29 is 19.1 Å². The molecule has 98 valence electrons. The van der Waals surface area contributed by atoms with Gasteiger partial charge in [-0.15, -0.1) is 11.6 Å². The summed E-state index contributed by atoms with van der Waals surface area (Å²) in [5, 5.41) is 2.28. The van der Waals surface area contributed by atoms with E-state index in [0.717, 1.165) is 5.56 Å². The predicted octanol–water partition coefficient (Wildman–Crippen LogP) is 1.69. The largest absolute Gasteiger partial charge is 0.459 e. The molecule has 5 nitrogen and oxygen atoms in total. The second kappa shape index (κ2) is 7.55. The van der Waals surface area contributed by atoms with E-state index in [1.807, 2.05) is 30.3 Å². The van der Waals surface area contributed by atoms with E-state index in [0.29, 0.717) is 0 Å². The lowest BCUT2D eigenvalue weighted by Crippen LogP contribution is -2.43. The Hall–Kier alpha value is -1.75. The molecule has 18 heavy (non-hydrogen) atoms. The summed E-state index contributed by atoms with van der Waals surface area (Å²) in [4.78, 5) is 22.6. The molecule has 0 fully saturated rings. The summed E-state index contributed by atoms with van der Waals surface area (Å²) in [5.74, 6) is -0.679. The number of carbonyl (C=O) groups excluding carboxylic acids is 2. The maximum Gasteiger partial charge on any atom is 0.407 e. The molecule has 0 saturated heterocycles. The molecule has 1 unspecified atom stereocenters. The normalized spacial score (nSPS) is 11.4. The van der Waals surface area contributed by atoms with Gasteiger partial charge >= 0.3 is 12.1 Å². The average molecular weight is 272 g/mol. The Morgan fingerprint density at radius 2 is 2.00 bits per heavy atom. The van der Waals surface area contributed by atoms with Crippen molar-refractivity contribution in [1.82, 2.24) is 5.32 Å². The van der Waals surface area contributed by atoms with Crippen LogP contribution >= 0.6 is 11.6 Å². The Morgan fingerprint density at radius 1 is 1.33 bits per heavy atom. The topological polar surface area (TPSA) is 64.6 Å². The van der Waals surface area contributed by atoms with Crippen LogP contribution in [0.25, 0.3) is 0 Å². The minimum Gasteiger partial charge on any atom is -0.459 e. The van der Waals surface area contributed by atoms with Gasteiger partial charge in [-0.25, -0.2) is 9.59 Å². The number of esters is 1. The molecule has 1 rings (SSSR count). The zero-order valence-electron chi connectivity index (χ0n) is 9.89. The Morgan fingerprint density at radius 3 is 2.56 bits per heavy atom. The van der Waals surface area contributed by atoms with Crippen LogP contribution in [0.4, 0.5) is 4.79 Å². The highest BCUT2D eigenvalue weighted by Gasteiger charge is 2.21. The van der Waals surface area contributed by atoms with E-state index in [1.54, 1.807) is 0 Å². The highest BCUT2D eigenvalue weighted by molar-refractivity contribution is 6.19. The third-order valence-corrected chi connectivity index (χ3v) is 2.45. The van der Waals surface area contributed by atoms with Crippen LogP contribution in [0.15, 0.2) is 30.3 Å². The number of alkyl carbamates (subject to hydrolysis) is 1. The van der Waals surface area contributed by atoms with E-state index < -0.39 is 18.1 Å². The van der Waals surface area contributed by atoms with Crippen LogP contribution in [0, 0.1) is 0 Å². The average Bonchev–Trinajstić information content (AvgIpc) is 2.42. The molecule has 0 spiro atoms. The van der Waals surface area contributed by atoms with Gasteiger partial charge in [0.2, 0.25) is 0 Å². The predicted molar refractivity (Wildman–Crippen MR) is 66.3 cm³/mol. The van der Waals surface area contributed by atoms with E-state index in [1.165, 1.54) is 7.11 Å². The maximum absolute atomic E-state index is 11.6. The first kappa shape index (κ1) is 14.3. The lowest BCUT2D eigenvalue weighted by molar-refractivity contribution is -0.146. The van der Waals surface area contributed by atoms with Crippen LogP contribution in [-0.2, 0) is 20.9 Å². The summed E-state index contributed by atoms with van der Waals surface area (Å²) in [6.45, 7) is 0.135. The molecule has 1 aromatic rings. The number of hydrogen-bond donors (Lipinski definition) is 1. The lowest BCUT2D eigenvalue weighted by atomic mass is 10.2. The monoisotopic (exact) mass is 271 g/mol. The molecule has 0 heterocycles. The van der Waals surface area contributed by atoms with Crippen molar-refractivity contribution >= 4 is 23.7 Å². The van der Waals surface area contributed by atoms with Crippen molar-refractivity contribution in [3.8, 4) is 0 Å². The first-order valence-corrected chi connectivity index (χ1v) is 5.82. The summed E-state index contributed by atoms with van der Waals surface area (Å²) in [6, 6.07) is 8.30. The van der Waals surface area contributed by atoms with Crippen molar-refractivity contribution in [2.75, 3.05) is 13.0 Å². The fraction of sp³-hybridized carbons (Fsp3) is 0.333. The number of hydrogen-bond acceptors (Lipinski definition) is 4. The van der Waals surface area contributed by atoms with Crippen molar-refractivity contribution in [1.29, 1.82) is 0 Å². The van der Waals surface area contributed by atoms with Gasteiger partial charge in [-0.2, -0.15) is 0 Å². The molecule has 0 aliphatic carbocycles. The number of halogens is 1. The number of benzene rings is 1. The summed E-state index contributed by atoms with van der Waals surface area (Å²) in [5.41, 5.74) is 0.859. The zero-order valence-corrected chi connectivity index (χ0v) is 10.6. The van der Waals surface area contributed by atoms with Gasteiger partial charge in [-0.3, -0.25) is 0 Å². The van der Waals surface area contributed by atoms with Crippen LogP contribution in [-0.4, -0.2) is 31.1 Å². The Bertz CT molecular complexity index is 396. The molecule has 1 aromatic carbocycles. The Balaban J connectivity index is 2.45. The smallest absolute Gasteiger partial charge is 0.407 e. The van der Waals surface area contributed by atoms with Crippen LogP contribution in [0.2, 0.25) is 0 Å². The minimum absolute atomic E-state index is 0.0806. The minimum atomic E-state index is -0.914. The number of rotatable bonds is 5. The summed E-state index contributed by atoms with van der Waals surface area (Å²) >= 11 is 5.57. The summed E-state index contributed by atoms with van der Waals surface area (Å²) in [7, 11) is 1.20. The number of methoxy groups -OCH3 is 1. The van der Waals surface area contributed by atoms with Gasteiger partial charge in [0.1, 0.15) is 12.6 Å². The van der Waals surface area contributed by atoms with E-state index in [-0.39, 0.29) is 12.5 Å². The molecule has 0 aliphatic rings. The third-order valence-electron chi connectivity index (χ3n) is 2.14. The molecule has 6 heteroatoms. The second-order valence-electron chi connectivity index (χ2n) is 3.44. The molecular weight excluding hydrogens is 258 g/mol. The standard InChI is InChI=1S/C12H14ClNO4/c1-17-12(16)14-10(7-13)11(15)18-8-9-5-3-2-4-6-9/h2-6,10H,7-8H2,1H3,(H,14,16). The molecule has 1 atom stereocenters. The molecule has 1 amide bonds. The fourth-order valence-corrected chi connectivity index (χ4v) is 1.39. The van der Waals surface area contributed by atoms with E-state index in [2.05, 4.69) is 10.1 Å². The van der Waals surface area contributed by atoms with E-state index >= 15 is 0 Å². The maximum atomic E-state index is 11.6. The van der Waals surface area contributed by atoms with Crippen LogP contribution in [0.5, 0.6) is 0 Å². The third kappa shape index (κ3) is 4.63. The number of ether oxygens (including phenoxy) is 2. The molecule has 1 N–H and O–H groups in total. The first-order chi connectivity index (χ1) is 8.67. The molecule has 0 aromatic heterocycles. The highest BCUT2D eigenvalue weighted by Crippen LogP contribution is 2.02. The SMILES string of the molecule is COC(=O)NC(CCl)C(=O)OCc1ccccc1.